The van der Waals surface area contributed by atoms with E-state index in [2.05, 4.69) is 29.8 Å². The van der Waals surface area contributed by atoms with E-state index in [0.717, 1.165) is 11.9 Å². The molecule has 0 spiro atoms. The van der Waals surface area contributed by atoms with E-state index >= 15 is 0 Å². The fourth-order valence-corrected chi connectivity index (χ4v) is 3.72. The second-order valence-electron chi connectivity index (χ2n) is 10.9. The first kappa shape index (κ1) is 42.7. The Bertz CT molecular complexity index is 1120. The Hall–Kier alpha value is -3.48. The highest BCUT2D eigenvalue weighted by Crippen LogP contribution is 2.31. The van der Waals surface area contributed by atoms with E-state index in [1.165, 1.54) is 6.08 Å². The Balaban J connectivity index is 0. The van der Waals surface area contributed by atoms with Crippen molar-refractivity contribution in [3.63, 3.8) is 0 Å². The Morgan fingerprint density at radius 2 is 1.82 bits per heavy atom. The third-order valence-corrected chi connectivity index (χ3v) is 6.26. The van der Waals surface area contributed by atoms with Crippen molar-refractivity contribution in [1.29, 1.82) is 0 Å². The number of amidine groups is 1. The van der Waals surface area contributed by atoms with Crippen LogP contribution < -0.4 is 5.32 Å². The third-order valence-electron chi connectivity index (χ3n) is 6.26. The average molecular weight is 618 g/mol. The van der Waals surface area contributed by atoms with Crippen LogP contribution in [0.3, 0.4) is 0 Å². The van der Waals surface area contributed by atoms with Crippen molar-refractivity contribution in [2.45, 2.75) is 73.8 Å². The van der Waals surface area contributed by atoms with Crippen LogP contribution in [-0.4, -0.2) is 80.6 Å². The van der Waals surface area contributed by atoms with E-state index in [1.807, 2.05) is 93.7 Å². The van der Waals surface area contributed by atoms with Crippen molar-refractivity contribution in [1.82, 2.24) is 15.2 Å². The van der Waals surface area contributed by atoms with Crippen molar-refractivity contribution >= 4 is 11.5 Å². The zero-order valence-corrected chi connectivity index (χ0v) is 29.0. The Labute approximate surface area is 266 Å². The van der Waals surface area contributed by atoms with E-state index < -0.39 is 17.8 Å². The van der Waals surface area contributed by atoms with Crippen LogP contribution in [-0.2, 0) is 4.74 Å². The summed E-state index contributed by atoms with van der Waals surface area (Å²) in [6.45, 7) is 19.2. The minimum atomic E-state index is -0.932. The van der Waals surface area contributed by atoms with Gasteiger partial charge < -0.3 is 25.1 Å². The molecule has 1 rings (SSSR count). The van der Waals surface area contributed by atoms with Gasteiger partial charge in [-0.2, -0.15) is 5.10 Å². The molecular weight excluding hydrogens is 560 g/mol. The van der Waals surface area contributed by atoms with Crippen LogP contribution in [0.25, 0.3) is 0 Å². The van der Waals surface area contributed by atoms with E-state index in [9.17, 15) is 13.9 Å². The Morgan fingerprint density at radius 1 is 1.20 bits per heavy atom. The average Bonchev–Trinajstić information content (AvgIpc) is 3.14. The second kappa shape index (κ2) is 23.0. The number of terminal acetylenes is 1. The lowest BCUT2D eigenvalue weighted by Gasteiger charge is -2.28. The van der Waals surface area contributed by atoms with Crippen molar-refractivity contribution < 1.29 is 18.6 Å². The number of aliphatic hydroxyl groups excluding tert-OH is 1. The first-order chi connectivity index (χ1) is 20.8. The van der Waals surface area contributed by atoms with E-state index in [0.29, 0.717) is 54.2 Å². The van der Waals surface area contributed by atoms with Crippen molar-refractivity contribution in [3.8, 4) is 12.8 Å². The maximum Gasteiger partial charge on any atom is 0.155 e. The number of likely N-dealkylation sites (N-methyl/N-ethyl adjacent to an activating group) is 2. The van der Waals surface area contributed by atoms with Gasteiger partial charge in [0.05, 0.1) is 37.1 Å². The molecule has 9 heteroatoms. The number of aliphatic hydroxyl groups is 1. The molecule has 1 aliphatic rings. The van der Waals surface area contributed by atoms with E-state index in [4.69, 9.17) is 9.73 Å². The lowest BCUT2D eigenvalue weighted by atomic mass is 9.85. The van der Waals surface area contributed by atoms with Crippen molar-refractivity contribution in [2.24, 2.45) is 15.5 Å². The molecule has 0 aliphatic heterocycles. The Morgan fingerprint density at radius 3 is 2.30 bits per heavy atom. The van der Waals surface area contributed by atoms with Crippen LogP contribution in [0.4, 0.5) is 8.78 Å². The molecule has 0 fully saturated rings. The molecule has 0 bridgehead atoms. The predicted octanol–water partition coefficient (Wildman–Crippen LogP) is 7.33. The number of hydrogen-bond donors (Lipinski definition) is 2. The normalized spacial score (nSPS) is 15.5. The fraction of sp³-hybridized carbons (Fsp3) is 0.543. The highest BCUT2D eigenvalue weighted by molar-refractivity contribution is 5.89. The maximum atomic E-state index is 14.5. The van der Waals surface area contributed by atoms with Gasteiger partial charge in [0.2, 0.25) is 0 Å². The topological polar surface area (TPSA) is 72.7 Å². The number of nitrogens with zero attached hydrogens (tertiary/aromatic N) is 4. The number of halogens is 2. The quantitative estimate of drug-likeness (QED) is 0.0533. The van der Waals surface area contributed by atoms with Gasteiger partial charge in [0.25, 0.3) is 0 Å². The minimum absolute atomic E-state index is 0.235. The lowest BCUT2D eigenvalue weighted by molar-refractivity contribution is 0.117. The first-order valence-corrected chi connectivity index (χ1v) is 15.1. The molecule has 0 saturated heterocycles. The third kappa shape index (κ3) is 15.3. The molecule has 0 radical (unpaired) electrons. The summed E-state index contributed by atoms with van der Waals surface area (Å²) in [5, 5.41) is 20.3. The summed E-state index contributed by atoms with van der Waals surface area (Å²) in [6, 6.07) is 0. The van der Waals surface area contributed by atoms with Gasteiger partial charge in [0.15, 0.2) is 5.83 Å². The first-order valence-electron chi connectivity index (χ1n) is 15.1. The fourth-order valence-electron chi connectivity index (χ4n) is 3.72. The number of aliphatic imine (C=N–C) groups is 1. The van der Waals surface area contributed by atoms with Gasteiger partial charge in [-0.25, -0.2) is 13.8 Å². The smallest absolute Gasteiger partial charge is 0.155 e. The summed E-state index contributed by atoms with van der Waals surface area (Å²) >= 11 is 0. The summed E-state index contributed by atoms with van der Waals surface area (Å²) in [7, 11) is 7.54. The van der Waals surface area contributed by atoms with Crippen LogP contribution in [0, 0.1) is 18.3 Å². The van der Waals surface area contributed by atoms with Gasteiger partial charge in [0, 0.05) is 33.3 Å². The molecule has 0 aromatic carbocycles. The lowest BCUT2D eigenvalue weighted by Crippen LogP contribution is -2.36. The minimum Gasteiger partial charge on any atom is -0.497 e. The van der Waals surface area contributed by atoms with Gasteiger partial charge in [-0.1, -0.05) is 53.3 Å². The number of allylic oxidation sites excluding steroid dienone is 9. The molecule has 1 unspecified atom stereocenters. The summed E-state index contributed by atoms with van der Waals surface area (Å²) in [5.74, 6) is -0.707. The van der Waals surface area contributed by atoms with Gasteiger partial charge in [-0.05, 0) is 63.0 Å². The number of rotatable bonds is 14. The summed E-state index contributed by atoms with van der Waals surface area (Å²) in [5.41, 5.74) is 2.11. The molecule has 7 nitrogen and oxygen atoms in total. The number of nitrogens with one attached hydrogen (secondary N) is 1. The monoisotopic (exact) mass is 617 g/mol. The molecule has 0 heterocycles. The SMILES string of the molecule is C#C.C=C/C(=C\C(=C/C)N=C(CNC)N(C)C)C1=C(OCCC/C(=N\N(C)CC)C(O)C(C)(C)C)CC(F)=C(F)C=C1.CC. The molecule has 1 atom stereocenters. The van der Waals surface area contributed by atoms with Crippen molar-refractivity contribution in [3.05, 3.63) is 71.2 Å². The van der Waals surface area contributed by atoms with Gasteiger partial charge >= 0.3 is 0 Å². The standard InChI is InChI=1S/C31H49F2N5O2.C2H6.C2H2/c1-11-22(19-23(12-2)35-29(21-34-7)37(8)9)24-16-17-25(32)26(33)20-28(24)40-18-14-15-27(36-38(10)13-3)30(39)31(4,5)6;2*1-2/h11-12,16-17,19,30,34,39H,1,13-15,18,20-21H2,2-10H3;1-2H3;1-2H/b22-19+,23-12+,35-29?,36-27+;;. The molecule has 0 aromatic rings. The predicted molar refractivity (Wildman–Crippen MR) is 185 cm³/mol. The zero-order chi connectivity index (χ0) is 34.5. The zero-order valence-electron chi connectivity index (χ0n) is 29.0. The number of ether oxygens (including phenoxy) is 1. The molecule has 0 saturated carbocycles. The molecular formula is C35H57F2N5O2. The molecule has 0 amide bonds. The maximum absolute atomic E-state index is 14.5. The van der Waals surface area contributed by atoms with Crippen molar-refractivity contribution in [2.75, 3.05) is 47.9 Å². The van der Waals surface area contributed by atoms with E-state index in [-0.39, 0.29) is 18.4 Å². The molecule has 44 heavy (non-hydrogen) atoms. The highest BCUT2D eigenvalue weighted by atomic mass is 19.2. The van der Waals surface area contributed by atoms with E-state index in [1.54, 1.807) is 11.1 Å². The van der Waals surface area contributed by atoms with Gasteiger partial charge in [0.1, 0.15) is 17.4 Å². The van der Waals surface area contributed by atoms with Gasteiger partial charge in [-0.15, -0.1) is 12.8 Å². The molecule has 0 aromatic heterocycles. The van der Waals surface area contributed by atoms with Crippen LogP contribution in [0.5, 0.6) is 0 Å². The number of hydrogen-bond acceptors (Lipinski definition) is 6. The largest absolute Gasteiger partial charge is 0.497 e. The molecule has 2 N–H and O–H groups in total. The summed E-state index contributed by atoms with van der Waals surface area (Å²) in [6.07, 6.45) is 15.9. The van der Waals surface area contributed by atoms with Crippen LogP contribution in [0.1, 0.15) is 67.7 Å². The highest BCUT2D eigenvalue weighted by Gasteiger charge is 2.27. The Kier molecular flexibility index (Phi) is 22.3. The second-order valence-corrected chi connectivity index (χ2v) is 10.9. The molecule has 1 aliphatic carbocycles. The summed E-state index contributed by atoms with van der Waals surface area (Å²) < 4.78 is 34.9. The van der Waals surface area contributed by atoms with Gasteiger partial charge in [-0.3, -0.25) is 0 Å². The summed E-state index contributed by atoms with van der Waals surface area (Å²) in [4.78, 5) is 6.66. The van der Waals surface area contributed by atoms with Crippen LogP contribution in [0.15, 0.2) is 81.3 Å². The van der Waals surface area contributed by atoms with Crippen LogP contribution in [0.2, 0.25) is 0 Å². The molecule has 248 valence electrons. The number of hydrazone groups is 1. The van der Waals surface area contributed by atoms with Crippen LogP contribution >= 0.6 is 0 Å².